The van der Waals surface area contributed by atoms with Crippen LogP contribution >= 0.6 is 0 Å². The molecule has 1 aliphatic rings. The summed E-state index contributed by atoms with van der Waals surface area (Å²) in [5, 5.41) is 4.07. The Labute approximate surface area is 135 Å². The number of aryl methyl sites for hydroxylation is 1. The maximum atomic E-state index is 12.4. The molecule has 0 saturated carbocycles. The summed E-state index contributed by atoms with van der Waals surface area (Å²) in [5.74, 6) is 1.11. The normalized spacial score (nSPS) is 14.1. The molecule has 2 aromatic heterocycles. The first-order valence-electron chi connectivity index (χ1n) is 7.38. The minimum Gasteiger partial charge on any atom is -0.477 e. The standard InChI is InChI=1S/C14H19N5O3S/c1-18(13-5-2-3-6-15-13)9-7-17-23(20,21)12-11-16-19-8-4-10-22-14(12)19/h2-3,5-6,11,17H,4,7-10H2,1H3. The Morgan fingerprint density at radius 1 is 1.43 bits per heavy atom. The molecule has 0 atom stereocenters. The predicted octanol–water partition coefficient (Wildman–Crippen LogP) is 0.475. The van der Waals surface area contributed by atoms with Crippen molar-refractivity contribution in [2.75, 3.05) is 31.6 Å². The SMILES string of the molecule is CN(CCNS(=O)(=O)c1cnn2c1OCCC2)c1ccccn1. The maximum Gasteiger partial charge on any atom is 0.247 e. The fourth-order valence-electron chi connectivity index (χ4n) is 2.35. The zero-order valence-electron chi connectivity index (χ0n) is 12.8. The largest absolute Gasteiger partial charge is 0.477 e. The van der Waals surface area contributed by atoms with Gasteiger partial charge in [0.2, 0.25) is 15.9 Å². The first-order chi connectivity index (χ1) is 11.1. The number of anilines is 1. The molecule has 1 N–H and O–H groups in total. The lowest BCUT2D eigenvalue weighted by atomic mass is 10.4. The second kappa shape index (κ2) is 6.55. The van der Waals surface area contributed by atoms with Gasteiger partial charge < -0.3 is 9.64 Å². The summed E-state index contributed by atoms with van der Waals surface area (Å²) in [4.78, 5) is 6.19. The van der Waals surface area contributed by atoms with Crippen LogP contribution in [-0.2, 0) is 16.6 Å². The van der Waals surface area contributed by atoms with E-state index < -0.39 is 10.0 Å². The molecule has 8 nitrogen and oxygen atoms in total. The van der Waals surface area contributed by atoms with E-state index in [9.17, 15) is 8.42 Å². The van der Waals surface area contributed by atoms with E-state index in [0.717, 1.165) is 12.2 Å². The van der Waals surface area contributed by atoms with E-state index >= 15 is 0 Å². The van der Waals surface area contributed by atoms with Gasteiger partial charge in [-0.05, 0) is 12.1 Å². The average molecular weight is 337 g/mol. The molecule has 0 saturated heterocycles. The summed E-state index contributed by atoms with van der Waals surface area (Å²) in [6, 6.07) is 5.60. The van der Waals surface area contributed by atoms with Crippen LogP contribution < -0.4 is 14.4 Å². The Balaban J connectivity index is 1.62. The maximum absolute atomic E-state index is 12.4. The molecular weight excluding hydrogens is 318 g/mol. The van der Waals surface area contributed by atoms with Gasteiger partial charge in [-0.1, -0.05) is 6.07 Å². The fraction of sp³-hybridized carbons (Fsp3) is 0.429. The second-order valence-corrected chi connectivity index (χ2v) is 6.98. The third kappa shape index (κ3) is 3.45. The first kappa shape index (κ1) is 15.8. The van der Waals surface area contributed by atoms with Crippen LogP contribution in [0.3, 0.4) is 0 Å². The highest BCUT2D eigenvalue weighted by Crippen LogP contribution is 2.26. The van der Waals surface area contributed by atoms with Crippen molar-refractivity contribution in [1.29, 1.82) is 0 Å². The van der Waals surface area contributed by atoms with Gasteiger partial charge in [0.25, 0.3) is 0 Å². The van der Waals surface area contributed by atoms with E-state index in [2.05, 4.69) is 14.8 Å². The number of rotatable bonds is 6. The van der Waals surface area contributed by atoms with Crippen molar-refractivity contribution in [3.63, 3.8) is 0 Å². The van der Waals surface area contributed by atoms with Crippen LogP contribution in [0.15, 0.2) is 35.5 Å². The zero-order valence-corrected chi connectivity index (χ0v) is 13.7. The number of hydrogen-bond donors (Lipinski definition) is 1. The van der Waals surface area contributed by atoms with Crippen LogP contribution in [0.4, 0.5) is 5.82 Å². The van der Waals surface area contributed by atoms with Gasteiger partial charge in [0.05, 0.1) is 12.8 Å². The minimum absolute atomic E-state index is 0.0951. The van der Waals surface area contributed by atoms with Crippen molar-refractivity contribution in [1.82, 2.24) is 19.5 Å². The van der Waals surface area contributed by atoms with Gasteiger partial charge in [0.1, 0.15) is 5.82 Å². The van der Waals surface area contributed by atoms with Gasteiger partial charge in [-0.25, -0.2) is 22.8 Å². The topological polar surface area (TPSA) is 89.4 Å². The van der Waals surface area contributed by atoms with Gasteiger partial charge in [0.15, 0.2) is 4.90 Å². The molecule has 0 unspecified atom stereocenters. The molecule has 3 rings (SSSR count). The molecule has 1 aliphatic heterocycles. The highest BCUT2D eigenvalue weighted by Gasteiger charge is 2.26. The molecule has 0 fully saturated rings. The molecule has 0 amide bonds. The van der Waals surface area contributed by atoms with E-state index in [1.807, 2.05) is 30.1 Å². The quantitative estimate of drug-likeness (QED) is 0.824. The number of sulfonamides is 1. The smallest absolute Gasteiger partial charge is 0.247 e. The second-order valence-electron chi connectivity index (χ2n) is 5.25. The van der Waals surface area contributed by atoms with Crippen LogP contribution in [0.5, 0.6) is 5.88 Å². The van der Waals surface area contributed by atoms with Crippen molar-refractivity contribution in [3.05, 3.63) is 30.6 Å². The molecular formula is C14H19N5O3S. The van der Waals surface area contributed by atoms with Gasteiger partial charge in [-0.15, -0.1) is 0 Å². The molecule has 0 bridgehead atoms. The molecule has 2 aromatic rings. The molecule has 9 heteroatoms. The monoisotopic (exact) mass is 337 g/mol. The zero-order chi connectivity index (χ0) is 16.3. The van der Waals surface area contributed by atoms with Crippen molar-refractivity contribution < 1.29 is 13.2 Å². The Hall–Kier alpha value is -2.13. The lowest BCUT2D eigenvalue weighted by molar-refractivity contribution is 0.224. The Morgan fingerprint density at radius 3 is 3.09 bits per heavy atom. The number of ether oxygens (including phenoxy) is 1. The molecule has 23 heavy (non-hydrogen) atoms. The number of hydrogen-bond acceptors (Lipinski definition) is 6. The third-order valence-corrected chi connectivity index (χ3v) is 5.03. The molecule has 124 valence electrons. The summed E-state index contributed by atoms with van der Waals surface area (Å²) in [5.41, 5.74) is 0. The average Bonchev–Trinajstić information content (AvgIpc) is 3.00. The molecule has 0 aliphatic carbocycles. The predicted molar refractivity (Wildman–Crippen MR) is 85.0 cm³/mol. The van der Waals surface area contributed by atoms with Crippen molar-refractivity contribution >= 4 is 15.8 Å². The number of pyridine rings is 1. The van der Waals surface area contributed by atoms with Crippen LogP contribution in [0, 0.1) is 0 Å². The fourth-order valence-corrected chi connectivity index (χ4v) is 3.44. The van der Waals surface area contributed by atoms with E-state index in [4.69, 9.17) is 4.74 Å². The van der Waals surface area contributed by atoms with Gasteiger partial charge in [-0.3, -0.25) is 0 Å². The Bertz CT molecular complexity index is 760. The molecule has 0 aromatic carbocycles. The molecule has 0 radical (unpaired) electrons. The highest BCUT2D eigenvalue weighted by molar-refractivity contribution is 7.89. The van der Waals surface area contributed by atoms with Crippen LogP contribution in [0.25, 0.3) is 0 Å². The summed E-state index contributed by atoms with van der Waals surface area (Å²) >= 11 is 0. The van der Waals surface area contributed by atoms with E-state index in [-0.39, 0.29) is 11.4 Å². The highest BCUT2D eigenvalue weighted by atomic mass is 32.2. The first-order valence-corrected chi connectivity index (χ1v) is 8.87. The van der Waals surface area contributed by atoms with Gasteiger partial charge >= 0.3 is 0 Å². The lowest BCUT2D eigenvalue weighted by Crippen LogP contribution is -2.33. The third-order valence-electron chi connectivity index (χ3n) is 3.58. The Morgan fingerprint density at radius 2 is 2.30 bits per heavy atom. The van der Waals surface area contributed by atoms with Crippen LogP contribution in [0.1, 0.15) is 6.42 Å². The van der Waals surface area contributed by atoms with E-state index in [1.54, 1.807) is 10.9 Å². The number of fused-ring (bicyclic) bond motifs is 1. The van der Waals surface area contributed by atoms with E-state index in [1.165, 1.54) is 6.20 Å². The van der Waals surface area contributed by atoms with Gasteiger partial charge in [0, 0.05) is 39.3 Å². The van der Waals surface area contributed by atoms with E-state index in [0.29, 0.717) is 25.6 Å². The van der Waals surface area contributed by atoms with Crippen LogP contribution in [0.2, 0.25) is 0 Å². The number of nitrogens with one attached hydrogen (secondary N) is 1. The number of aromatic nitrogens is 3. The number of likely N-dealkylation sites (N-methyl/N-ethyl adjacent to an activating group) is 1. The summed E-state index contributed by atoms with van der Waals surface area (Å²) in [6.45, 7) is 1.95. The molecule has 0 spiro atoms. The van der Waals surface area contributed by atoms with Crippen molar-refractivity contribution in [2.24, 2.45) is 0 Å². The summed E-state index contributed by atoms with van der Waals surface area (Å²) in [7, 11) is -1.78. The summed E-state index contributed by atoms with van der Waals surface area (Å²) < 4.78 is 34.4. The summed E-state index contributed by atoms with van der Waals surface area (Å²) in [6.07, 6.45) is 3.87. The minimum atomic E-state index is -3.64. The van der Waals surface area contributed by atoms with Crippen molar-refractivity contribution in [2.45, 2.75) is 17.9 Å². The number of nitrogens with zero attached hydrogens (tertiary/aromatic N) is 4. The molecule has 3 heterocycles. The van der Waals surface area contributed by atoms with Crippen molar-refractivity contribution in [3.8, 4) is 5.88 Å². The van der Waals surface area contributed by atoms with Crippen LogP contribution in [-0.4, -0.2) is 49.9 Å². The Kier molecular flexibility index (Phi) is 4.49. The van der Waals surface area contributed by atoms with Gasteiger partial charge in [-0.2, -0.15) is 5.10 Å². The lowest BCUT2D eigenvalue weighted by Gasteiger charge is -2.18.